The van der Waals surface area contributed by atoms with E-state index in [1.54, 1.807) is 6.07 Å². The van der Waals surface area contributed by atoms with Crippen LogP contribution in [0.1, 0.15) is 18.4 Å². The summed E-state index contributed by atoms with van der Waals surface area (Å²) < 4.78 is 13.6. The van der Waals surface area contributed by atoms with Crippen LogP contribution in [0.3, 0.4) is 0 Å². The summed E-state index contributed by atoms with van der Waals surface area (Å²) in [5.74, 6) is -0.426. The minimum Gasteiger partial charge on any atom is -0.370 e. The van der Waals surface area contributed by atoms with Gasteiger partial charge in [-0.05, 0) is 39.1 Å². The summed E-state index contributed by atoms with van der Waals surface area (Å²) >= 11 is 0. The zero-order valence-corrected chi connectivity index (χ0v) is 10.9. The summed E-state index contributed by atoms with van der Waals surface area (Å²) in [5, 5.41) is 9.05. The summed E-state index contributed by atoms with van der Waals surface area (Å²) in [6, 6.07) is 7.39. The minimum absolute atomic E-state index is 0.167. The van der Waals surface area contributed by atoms with Crippen LogP contribution in [-0.2, 0) is 0 Å². The third-order valence-corrected chi connectivity index (χ3v) is 3.64. The molecule has 4 heteroatoms. The van der Waals surface area contributed by atoms with E-state index in [1.807, 2.05) is 12.1 Å². The molecular weight excluding hydrogens is 229 g/mol. The zero-order chi connectivity index (χ0) is 13.1. The number of benzene rings is 1. The number of nitriles is 1. The van der Waals surface area contributed by atoms with E-state index in [0.717, 1.165) is 31.6 Å². The van der Waals surface area contributed by atoms with Crippen molar-refractivity contribution in [3.8, 4) is 6.07 Å². The van der Waals surface area contributed by atoms with Crippen LogP contribution in [0, 0.1) is 17.1 Å². The molecule has 0 unspecified atom stereocenters. The molecule has 1 saturated heterocycles. The monoisotopic (exact) mass is 247 g/mol. The van der Waals surface area contributed by atoms with Crippen molar-refractivity contribution in [1.82, 2.24) is 4.90 Å². The second kappa shape index (κ2) is 5.36. The normalized spacial score (nSPS) is 16.9. The molecular formula is C14H18FN3. The second-order valence-electron chi connectivity index (χ2n) is 4.93. The lowest BCUT2D eigenvalue weighted by Gasteiger charge is -2.36. The number of hydrogen-bond donors (Lipinski definition) is 0. The van der Waals surface area contributed by atoms with E-state index in [9.17, 15) is 4.39 Å². The van der Waals surface area contributed by atoms with Crippen LogP contribution >= 0.6 is 0 Å². The number of halogens is 1. The van der Waals surface area contributed by atoms with E-state index in [4.69, 9.17) is 5.26 Å². The standard InChI is InChI=1S/C14H18FN3/c1-17(2)11-6-8-18(9-7-11)14-5-3-4-13(15)12(14)10-16/h3-5,11H,6-9H2,1-2H3. The van der Waals surface area contributed by atoms with Crippen molar-refractivity contribution < 1.29 is 4.39 Å². The number of hydrogen-bond acceptors (Lipinski definition) is 3. The highest BCUT2D eigenvalue weighted by atomic mass is 19.1. The SMILES string of the molecule is CN(C)C1CCN(c2cccc(F)c2C#N)CC1. The molecule has 0 saturated carbocycles. The first-order chi connectivity index (χ1) is 8.63. The molecule has 0 spiro atoms. The smallest absolute Gasteiger partial charge is 0.143 e. The molecule has 1 heterocycles. The van der Waals surface area contributed by atoms with Gasteiger partial charge in [-0.1, -0.05) is 6.07 Å². The second-order valence-corrected chi connectivity index (χ2v) is 4.93. The average Bonchev–Trinajstić information content (AvgIpc) is 2.38. The van der Waals surface area contributed by atoms with Crippen molar-refractivity contribution >= 4 is 5.69 Å². The third-order valence-electron chi connectivity index (χ3n) is 3.64. The molecule has 0 amide bonds. The fourth-order valence-electron chi connectivity index (χ4n) is 2.51. The summed E-state index contributed by atoms with van der Waals surface area (Å²) in [7, 11) is 4.17. The highest BCUT2D eigenvalue weighted by Crippen LogP contribution is 2.26. The van der Waals surface area contributed by atoms with Crippen LogP contribution in [-0.4, -0.2) is 38.1 Å². The lowest BCUT2D eigenvalue weighted by Crippen LogP contribution is -2.42. The summed E-state index contributed by atoms with van der Waals surface area (Å²) in [5.41, 5.74) is 0.899. The average molecular weight is 247 g/mol. The Labute approximate surface area is 107 Å². The lowest BCUT2D eigenvalue weighted by atomic mass is 10.0. The zero-order valence-electron chi connectivity index (χ0n) is 10.9. The first-order valence-electron chi connectivity index (χ1n) is 6.23. The van der Waals surface area contributed by atoms with Gasteiger partial charge in [-0.3, -0.25) is 0 Å². The van der Waals surface area contributed by atoms with Gasteiger partial charge in [0, 0.05) is 19.1 Å². The molecule has 1 aliphatic heterocycles. The van der Waals surface area contributed by atoms with E-state index in [1.165, 1.54) is 6.07 Å². The van der Waals surface area contributed by atoms with E-state index >= 15 is 0 Å². The summed E-state index contributed by atoms with van der Waals surface area (Å²) in [6.45, 7) is 1.75. The Balaban J connectivity index is 2.15. The summed E-state index contributed by atoms with van der Waals surface area (Å²) in [4.78, 5) is 4.34. The van der Waals surface area contributed by atoms with Gasteiger partial charge in [0.05, 0.1) is 5.69 Å². The highest BCUT2D eigenvalue weighted by Gasteiger charge is 2.23. The maximum Gasteiger partial charge on any atom is 0.143 e. The number of piperidine rings is 1. The highest BCUT2D eigenvalue weighted by molar-refractivity contribution is 5.60. The van der Waals surface area contributed by atoms with Crippen molar-refractivity contribution in [3.63, 3.8) is 0 Å². The van der Waals surface area contributed by atoms with Gasteiger partial charge in [0.25, 0.3) is 0 Å². The van der Waals surface area contributed by atoms with Gasteiger partial charge < -0.3 is 9.80 Å². The quantitative estimate of drug-likeness (QED) is 0.803. The first-order valence-corrected chi connectivity index (χ1v) is 6.23. The van der Waals surface area contributed by atoms with Gasteiger partial charge in [0.2, 0.25) is 0 Å². The molecule has 1 aromatic carbocycles. The largest absolute Gasteiger partial charge is 0.370 e. The number of anilines is 1. The molecule has 2 rings (SSSR count). The van der Waals surface area contributed by atoms with Crippen molar-refractivity contribution in [3.05, 3.63) is 29.6 Å². The van der Waals surface area contributed by atoms with E-state index in [-0.39, 0.29) is 5.56 Å². The maximum absolute atomic E-state index is 13.6. The molecule has 0 aromatic heterocycles. The van der Waals surface area contributed by atoms with E-state index in [2.05, 4.69) is 23.9 Å². The Bertz CT molecular complexity index is 457. The van der Waals surface area contributed by atoms with Gasteiger partial charge >= 0.3 is 0 Å². The Morgan fingerprint density at radius 3 is 2.56 bits per heavy atom. The fraction of sp³-hybridized carbons (Fsp3) is 0.500. The maximum atomic E-state index is 13.6. The van der Waals surface area contributed by atoms with Crippen LogP contribution in [0.15, 0.2) is 18.2 Å². The molecule has 3 nitrogen and oxygen atoms in total. The minimum atomic E-state index is -0.426. The van der Waals surface area contributed by atoms with Crippen molar-refractivity contribution in [2.24, 2.45) is 0 Å². The molecule has 0 radical (unpaired) electrons. The molecule has 0 bridgehead atoms. The van der Waals surface area contributed by atoms with Crippen LogP contribution in [0.2, 0.25) is 0 Å². The Morgan fingerprint density at radius 2 is 2.00 bits per heavy atom. The number of rotatable bonds is 2. The Hall–Kier alpha value is -1.60. The van der Waals surface area contributed by atoms with Crippen molar-refractivity contribution in [2.75, 3.05) is 32.1 Å². The molecule has 1 aliphatic rings. The van der Waals surface area contributed by atoms with Crippen LogP contribution in [0.25, 0.3) is 0 Å². The van der Waals surface area contributed by atoms with Gasteiger partial charge in [-0.15, -0.1) is 0 Å². The first kappa shape index (κ1) is 12.8. The van der Waals surface area contributed by atoms with Gasteiger partial charge in [-0.2, -0.15) is 5.26 Å². The molecule has 1 fully saturated rings. The van der Waals surface area contributed by atoms with Crippen molar-refractivity contribution in [1.29, 1.82) is 5.26 Å². The lowest BCUT2D eigenvalue weighted by molar-refractivity contribution is 0.249. The van der Waals surface area contributed by atoms with Gasteiger partial charge in [-0.25, -0.2) is 4.39 Å². The predicted octanol–water partition coefficient (Wildman–Crippen LogP) is 2.23. The Morgan fingerprint density at radius 1 is 1.33 bits per heavy atom. The molecule has 0 N–H and O–H groups in total. The molecule has 0 aliphatic carbocycles. The molecule has 1 aromatic rings. The summed E-state index contributed by atoms with van der Waals surface area (Å²) in [6.07, 6.45) is 2.10. The van der Waals surface area contributed by atoms with Crippen LogP contribution < -0.4 is 4.90 Å². The number of nitrogens with zero attached hydrogens (tertiary/aromatic N) is 3. The van der Waals surface area contributed by atoms with Crippen LogP contribution in [0.5, 0.6) is 0 Å². The van der Waals surface area contributed by atoms with E-state index < -0.39 is 5.82 Å². The predicted molar refractivity (Wildman–Crippen MR) is 70.0 cm³/mol. The molecule has 96 valence electrons. The fourth-order valence-corrected chi connectivity index (χ4v) is 2.51. The van der Waals surface area contributed by atoms with Crippen LogP contribution in [0.4, 0.5) is 10.1 Å². The topological polar surface area (TPSA) is 30.3 Å². The molecule has 0 atom stereocenters. The molecule has 18 heavy (non-hydrogen) atoms. The van der Waals surface area contributed by atoms with Gasteiger partial charge in [0.1, 0.15) is 17.4 Å². The third kappa shape index (κ3) is 2.46. The Kier molecular flexibility index (Phi) is 3.83. The van der Waals surface area contributed by atoms with E-state index in [0.29, 0.717) is 6.04 Å². The van der Waals surface area contributed by atoms with Crippen molar-refractivity contribution in [2.45, 2.75) is 18.9 Å². The van der Waals surface area contributed by atoms with Gasteiger partial charge in [0.15, 0.2) is 0 Å².